The summed E-state index contributed by atoms with van der Waals surface area (Å²) in [5, 5.41) is 2.29. The molecule has 0 aromatic rings. The van der Waals surface area contributed by atoms with Crippen LogP contribution in [0.5, 0.6) is 0 Å². The first-order valence-corrected chi connectivity index (χ1v) is 3.79. The van der Waals surface area contributed by atoms with Crippen molar-refractivity contribution in [1.29, 1.82) is 0 Å². The molecule has 3 N–H and O–H groups in total. The van der Waals surface area contributed by atoms with Crippen molar-refractivity contribution in [2.75, 3.05) is 6.54 Å². The maximum absolute atomic E-state index is 13.0. The van der Waals surface area contributed by atoms with Crippen molar-refractivity contribution in [3.05, 3.63) is 36.2 Å². The van der Waals surface area contributed by atoms with Crippen molar-refractivity contribution in [3.63, 3.8) is 0 Å². The van der Waals surface area contributed by atoms with Gasteiger partial charge in [-0.05, 0) is 13.0 Å². The van der Waals surface area contributed by atoms with E-state index in [9.17, 15) is 9.18 Å². The number of halogens is 1. The molecule has 0 unspecified atom stereocenters. The van der Waals surface area contributed by atoms with Gasteiger partial charge in [0.1, 0.15) is 5.83 Å². The Morgan fingerprint density at radius 2 is 2.31 bits per heavy atom. The van der Waals surface area contributed by atoms with Crippen LogP contribution in [0.25, 0.3) is 0 Å². The highest BCUT2D eigenvalue weighted by atomic mass is 19.1. The Morgan fingerprint density at radius 1 is 1.69 bits per heavy atom. The van der Waals surface area contributed by atoms with Gasteiger partial charge in [-0.2, -0.15) is 0 Å². The lowest BCUT2D eigenvalue weighted by Gasteiger charge is -2.02. The van der Waals surface area contributed by atoms with Crippen molar-refractivity contribution in [1.82, 2.24) is 5.32 Å². The molecule has 0 saturated heterocycles. The minimum Gasteiger partial charge on any atom is -0.352 e. The molecule has 0 aliphatic rings. The minimum atomic E-state index is -0.682. The van der Waals surface area contributed by atoms with E-state index < -0.39 is 11.9 Å². The van der Waals surface area contributed by atoms with Gasteiger partial charge in [0.25, 0.3) is 0 Å². The summed E-state index contributed by atoms with van der Waals surface area (Å²) in [5.74, 6) is -0.466. The van der Waals surface area contributed by atoms with Gasteiger partial charge < -0.3 is 11.1 Å². The molecule has 0 aliphatic carbocycles. The van der Waals surface area contributed by atoms with Crippen LogP contribution >= 0.6 is 0 Å². The normalized spacial score (nSPS) is 12.5. The van der Waals surface area contributed by atoms with Gasteiger partial charge in [-0.15, -0.1) is 0 Å². The Kier molecular flexibility index (Phi) is 5.27. The molecule has 0 aromatic heterocycles. The van der Waals surface area contributed by atoms with Crippen molar-refractivity contribution in [3.8, 4) is 0 Å². The van der Waals surface area contributed by atoms with Gasteiger partial charge in [-0.3, -0.25) is 0 Å². The van der Waals surface area contributed by atoms with Gasteiger partial charge in [-0.25, -0.2) is 9.18 Å². The summed E-state index contributed by atoms with van der Waals surface area (Å²) in [5.41, 5.74) is 5.18. The van der Waals surface area contributed by atoms with Gasteiger partial charge in [0.2, 0.25) is 0 Å². The summed E-state index contributed by atoms with van der Waals surface area (Å²) in [4.78, 5) is 10.3. The largest absolute Gasteiger partial charge is 0.352 e. The highest BCUT2D eigenvalue weighted by Gasteiger charge is 2.00. The van der Waals surface area contributed by atoms with Crippen molar-refractivity contribution < 1.29 is 9.18 Å². The van der Waals surface area contributed by atoms with Gasteiger partial charge in [0.05, 0.1) is 0 Å². The zero-order valence-corrected chi connectivity index (χ0v) is 7.51. The monoisotopic (exact) mass is 184 g/mol. The summed E-state index contributed by atoms with van der Waals surface area (Å²) >= 11 is 0. The predicted octanol–water partition coefficient (Wildman–Crippen LogP) is 1.64. The van der Waals surface area contributed by atoms with E-state index in [1.54, 1.807) is 19.1 Å². The van der Waals surface area contributed by atoms with Crippen LogP contribution in [0.15, 0.2) is 36.2 Å². The van der Waals surface area contributed by atoms with E-state index >= 15 is 0 Å². The smallest absolute Gasteiger partial charge is 0.312 e. The summed E-state index contributed by atoms with van der Waals surface area (Å²) < 4.78 is 13.0. The predicted molar refractivity (Wildman–Crippen MR) is 50.7 cm³/mol. The number of rotatable bonds is 4. The Morgan fingerprint density at radius 3 is 2.69 bits per heavy atom. The lowest BCUT2D eigenvalue weighted by molar-refractivity contribution is 0.249. The first-order valence-electron chi connectivity index (χ1n) is 3.79. The van der Waals surface area contributed by atoms with Crippen LogP contribution in [0.2, 0.25) is 0 Å². The van der Waals surface area contributed by atoms with Crippen molar-refractivity contribution in [2.24, 2.45) is 5.73 Å². The quantitative estimate of drug-likeness (QED) is 0.641. The molecule has 0 rings (SSSR count). The number of carbonyl (C=O) groups is 1. The number of nitrogens with two attached hydrogens (primary N) is 1. The molecule has 0 heterocycles. The zero-order chi connectivity index (χ0) is 10.3. The van der Waals surface area contributed by atoms with Crippen LogP contribution in [0.1, 0.15) is 6.92 Å². The maximum Gasteiger partial charge on any atom is 0.312 e. The van der Waals surface area contributed by atoms with E-state index in [-0.39, 0.29) is 6.54 Å². The van der Waals surface area contributed by atoms with Crippen molar-refractivity contribution >= 4 is 6.03 Å². The number of hydrogen-bond acceptors (Lipinski definition) is 1. The number of primary amides is 1. The molecular formula is C9H13FN2O. The second kappa shape index (κ2) is 5.99. The van der Waals surface area contributed by atoms with E-state index in [0.29, 0.717) is 5.57 Å². The topological polar surface area (TPSA) is 55.1 Å². The van der Waals surface area contributed by atoms with E-state index in [1.165, 1.54) is 0 Å². The van der Waals surface area contributed by atoms with Crippen molar-refractivity contribution in [2.45, 2.75) is 6.92 Å². The fourth-order valence-electron chi connectivity index (χ4n) is 0.738. The van der Waals surface area contributed by atoms with Crippen LogP contribution in [-0.4, -0.2) is 12.6 Å². The van der Waals surface area contributed by atoms with Crippen LogP contribution < -0.4 is 11.1 Å². The highest BCUT2D eigenvalue weighted by molar-refractivity contribution is 5.72. The second-order valence-corrected chi connectivity index (χ2v) is 2.30. The van der Waals surface area contributed by atoms with Crippen LogP contribution in [0.4, 0.5) is 9.18 Å². The van der Waals surface area contributed by atoms with Gasteiger partial charge in [-0.1, -0.05) is 18.7 Å². The van der Waals surface area contributed by atoms with Gasteiger partial charge >= 0.3 is 6.03 Å². The molecule has 0 atom stereocenters. The molecular weight excluding hydrogens is 171 g/mol. The zero-order valence-electron chi connectivity index (χ0n) is 7.51. The van der Waals surface area contributed by atoms with Gasteiger partial charge in [0, 0.05) is 12.1 Å². The Labute approximate surface area is 76.8 Å². The molecule has 13 heavy (non-hydrogen) atoms. The first-order chi connectivity index (χ1) is 6.11. The number of allylic oxidation sites excluding steroid dienone is 3. The molecule has 0 fully saturated rings. The van der Waals surface area contributed by atoms with Gasteiger partial charge in [0.15, 0.2) is 0 Å². The third-order valence-corrected chi connectivity index (χ3v) is 1.31. The minimum absolute atomic E-state index is 0.0670. The maximum atomic E-state index is 13.0. The lowest BCUT2D eigenvalue weighted by Crippen LogP contribution is -2.30. The average Bonchev–Trinajstić information content (AvgIpc) is 2.10. The molecule has 0 aliphatic heterocycles. The summed E-state index contributed by atoms with van der Waals surface area (Å²) in [6, 6.07) is -0.682. The molecule has 72 valence electrons. The Balaban J connectivity index is 4.44. The third kappa shape index (κ3) is 4.79. The van der Waals surface area contributed by atoms with E-state index in [4.69, 9.17) is 5.73 Å². The summed E-state index contributed by atoms with van der Waals surface area (Å²) in [6.45, 7) is 5.10. The number of hydrogen-bond donors (Lipinski definition) is 2. The number of urea groups is 1. The van der Waals surface area contributed by atoms with E-state index in [2.05, 4.69) is 11.9 Å². The molecule has 0 spiro atoms. The van der Waals surface area contributed by atoms with Crippen LogP contribution in [-0.2, 0) is 0 Å². The fourth-order valence-corrected chi connectivity index (χ4v) is 0.738. The molecule has 3 nitrogen and oxygen atoms in total. The molecule has 0 aromatic carbocycles. The molecule has 0 bridgehead atoms. The summed E-state index contributed by atoms with van der Waals surface area (Å²) in [7, 11) is 0. The van der Waals surface area contributed by atoms with E-state index in [0.717, 1.165) is 6.08 Å². The Hall–Kier alpha value is -1.58. The standard InChI is InChI=1S/C9H13FN2O/c1-3-5-7(8(10)4-2)6-12-9(11)13/h3-5H,2,6H2,1H3,(H3,11,12,13)/b5-3-,8-7-. The third-order valence-electron chi connectivity index (χ3n) is 1.31. The summed E-state index contributed by atoms with van der Waals surface area (Å²) in [6.07, 6.45) is 4.30. The molecule has 0 radical (unpaired) electrons. The van der Waals surface area contributed by atoms with Crippen LogP contribution in [0.3, 0.4) is 0 Å². The van der Waals surface area contributed by atoms with Crippen LogP contribution in [0, 0.1) is 0 Å². The second-order valence-electron chi connectivity index (χ2n) is 2.30. The number of carbonyl (C=O) groups excluding carboxylic acids is 1. The number of nitrogens with one attached hydrogen (secondary N) is 1. The lowest BCUT2D eigenvalue weighted by atomic mass is 10.2. The average molecular weight is 184 g/mol. The first kappa shape index (κ1) is 11.4. The molecule has 0 saturated carbocycles. The van der Waals surface area contributed by atoms with E-state index in [1.807, 2.05) is 0 Å². The number of amides is 2. The molecule has 4 heteroatoms. The fraction of sp³-hybridized carbons (Fsp3) is 0.222. The highest BCUT2D eigenvalue weighted by Crippen LogP contribution is 2.07. The SMILES string of the molecule is C=C/C(F)=C(\C=C/C)CNC(N)=O. The Bertz CT molecular complexity index is 256. The molecule has 2 amide bonds.